The summed E-state index contributed by atoms with van der Waals surface area (Å²) in [7, 11) is 1.41. The number of hydrogen-bond acceptors (Lipinski definition) is 5. The standard InChI is InChI=1S/C20H18ClF3N2O4/c1-12-10-19(28,20(22,23)24)26(25-12)18(27)13-3-8-17(29-2)14(9-13)11-30-16-6-4-15(21)5-7-16/h3-9,25,28H,1,10-11H2,2H3. The predicted octanol–water partition coefficient (Wildman–Crippen LogP) is 4.04. The highest BCUT2D eigenvalue weighted by molar-refractivity contribution is 6.30. The molecule has 1 unspecified atom stereocenters. The number of nitrogens with one attached hydrogen (secondary N) is 1. The highest BCUT2D eigenvalue weighted by Gasteiger charge is 2.63. The Bertz CT molecular complexity index is 966. The van der Waals surface area contributed by atoms with E-state index >= 15 is 0 Å². The van der Waals surface area contributed by atoms with Gasteiger partial charge in [-0.25, -0.2) is 5.01 Å². The first-order valence-electron chi connectivity index (χ1n) is 8.68. The molecule has 1 atom stereocenters. The summed E-state index contributed by atoms with van der Waals surface area (Å²) in [6.45, 7) is 3.37. The molecule has 1 aliphatic heterocycles. The molecular weight excluding hydrogens is 425 g/mol. The zero-order chi connectivity index (χ0) is 22.1. The molecule has 30 heavy (non-hydrogen) atoms. The summed E-state index contributed by atoms with van der Waals surface area (Å²) in [5, 5.41) is 10.8. The Morgan fingerprint density at radius 3 is 2.57 bits per heavy atom. The second-order valence-corrected chi connectivity index (χ2v) is 7.05. The lowest BCUT2D eigenvalue weighted by molar-refractivity contribution is -0.299. The predicted molar refractivity (Wildman–Crippen MR) is 103 cm³/mol. The van der Waals surface area contributed by atoms with Crippen LogP contribution in [0.1, 0.15) is 22.3 Å². The fourth-order valence-corrected chi connectivity index (χ4v) is 3.08. The molecule has 0 radical (unpaired) electrons. The molecule has 0 aromatic heterocycles. The number of halogens is 4. The molecular formula is C20H18ClF3N2O4. The summed E-state index contributed by atoms with van der Waals surface area (Å²) in [5.74, 6) is -0.198. The molecule has 10 heteroatoms. The largest absolute Gasteiger partial charge is 0.496 e. The van der Waals surface area contributed by atoms with Crippen LogP contribution >= 0.6 is 11.6 Å². The van der Waals surface area contributed by atoms with Crippen molar-refractivity contribution in [3.05, 3.63) is 70.9 Å². The lowest BCUT2D eigenvalue weighted by Gasteiger charge is -2.33. The van der Waals surface area contributed by atoms with Crippen molar-refractivity contribution in [2.45, 2.75) is 24.9 Å². The molecule has 0 aliphatic carbocycles. The van der Waals surface area contributed by atoms with E-state index in [9.17, 15) is 23.1 Å². The quantitative estimate of drug-likeness (QED) is 0.731. The van der Waals surface area contributed by atoms with Crippen molar-refractivity contribution in [3.63, 3.8) is 0 Å². The Labute approximate surface area is 175 Å². The number of benzene rings is 2. The van der Waals surface area contributed by atoms with Gasteiger partial charge in [-0.1, -0.05) is 18.2 Å². The highest BCUT2D eigenvalue weighted by Crippen LogP contribution is 2.41. The summed E-state index contributed by atoms with van der Waals surface area (Å²) in [5.41, 5.74) is -1.01. The first-order chi connectivity index (χ1) is 14.0. The monoisotopic (exact) mass is 442 g/mol. The molecule has 1 aliphatic rings. The van der Waals surface area contributed by atoms with Gasteiger partial charge in [0, 0.05) is 28.3 Å². The molecule has 2 N–H and O–H groups in total. The third-order valence-corrected chi connectivity index (χ3v) is 4.74. The summed E-state index contributed by atoms with van der Waals surface area (Å²) in [6.07, 6.45) is -5.95. The van der Waals surface area contributed by atoms with Gasteiger partial charge in [-0.15, -0.1) is 0 Å². The van der Waals surface area contributed by atoms with E-state index in [1.807, 2.05) is 0 Å². The van der Waals surface area contributed by atoms with Gasteiger partial charge in [0.25, 0.3) is 11.6 Å². The molecule has 1 fully saturated rings. The van der Waals surface area contributed by atoms with Crippen LogP contribution in [0.2, 0.25) is 5.02 Å². The van der Waals surface area contributed by atoms with Crippen molar-refractivity contribution in [1.29, 1.82) is 0 Å². The smallest absolute Gasteiger partial charge is 0.438 e. The maximum atomic E-state index is 13.4. The Morgan fingerprint density at radius 1 is 1.30 bits per heavy atom. The van der Waals surface area contributed by atoms with Crippen molar-refractivity contribution >= 4 is 17.5 Å². The minimum Gasteiger partial charge on any atom is -0.496 e. The first-order valence-corrected chi connectivity index (χ1v) is 9.06. The molecule has 0 saturated carbocycles. The van der Waals surface area contributed by atoms with E-state index in [1.165, 1.54) is 25.3 Å². The molecule has 1 saturated heterocycles. The van der Waals surface area contributed by atoms with Crippen LogP contribution < -0.4 is 14.9 Å². The van der Waals surface area contributed by atoms with Gasteiger partial charge in [-0.05, 0) is 42.5 Å². The number of ether oxygens (including phenoxy) is 2. The van der Waals surface area contributed by atoms with Gasteiger partial charge >= 0.3 is 6.18 Å². The molecule has 2 aromatic rings. The number of rotatable bonds is 5. The van der Waals surface area contributed by atoms with Crippen LogP contribution in [-0.4, -0.2) is 35.0 Å². The van der Waals surface area contributed by atoms with Crippen LogP contribution in [0.3, 0.4) is 0 Å². The lowest BCUT2D eigenvalue weighted by atomic mass is 10.1. The summed E-state index contributed by atoms with van der Waals surface area (Å²) in [6, 6.07) is 10.6. The number of alkyl halides is 3. The fraction of sp³-hybridized carbons (Fsp3) is 0.250. The molecule has 6 nitrogen and oxygen atoms in total. The van der Waals surface area contributed by atoms with Gasteiger partial charge in [0.15, 0.2) is 0 Å². The molecule has 0 spiro atoms. The van der Waals surface area contributed by atoms with Crippen molar-refractivity contribution in [2.75, 3.05) is 7.11 Å². The number of aliphatic hydroxyl groups is 1. The van der Waals surface area contributed by atoms with E-state index in [-0.39, 0.29) is 22.9 Å². The van der Waals surface area contributed by atoms with Gasteiger partial charge < -0.3 is 14.6 Å². The first kappa shape index (κ1) is 21.8. The van der Waals surface area contributed by atoms with Crippen molar-refractivity contribution in [2.24, 2.45) is 0 Å². The second kappa shape index (κ2) is 8.08. The zero-order valence-corrected chi connectivity index (χ0v) is 16.5. The van der Waals surface area contributed by atoms with Crippen LogP contribution in [0.4, 0.5) is 13.2 Å². The Morgan fingerprint density at radius 2 is 1.97 bits per heavy atom. The zero-order valence-electron chi connectivity index (χ0n) is 15.8. The molecule has 2 aromatic carbocycles. The molecule has 1 heterocycles. The molecule has 1 amide bonds. The van der Waals surface area contributed by atoms with E-state index in [1.54, 1.807) is 24.3 Å². The summed E-state index contributed by atoms with van der Waals surface area (Å²) >= 11 is 5.83. The van der Waals surface area contributed by atoms with Crippen LogP contribution in [0.25, 0.3) is 0 Å². The van der Waals surface area contributed by atoms with Gasteiger partial charge in [-0.2, -0.15) is 13.2 Å². The third-order valence-electron chi connectivity index (χ3n) is 4.49. The number of hydrazine groups is 1. The summed E-state index contributed by atoms with van der Waals surface area (Å²) < 4.78 is 51.1. The Kier molecular flexibility index (Phi) is 5.87. The van der Waals surface area contributed by atoms with Crippen LogP contribution in [0.5, 0.6) is 11.5 Å². The number of methoxy groups -OCH3 is 1. The number of carbonyl (C=O) groups is 1. The van der Waals surface area contributed by atoms with Gasteiger partial charge in [0.05, 0.1) is 7.11 Å². The Balaban J connectivity index is 1.87. The average molecular weight is 443 g/mol. The van der Waals surface area contributed by atoms with Crippen LogP contribution in [-0.2, 0) is 6.61 Å². The Hall–Kier alpha value is -2.91. The molecule has 0 bridgehead atoms. The minimum atomic E-state index is -5.08. The van der Waals surface area contributed by atoms with Crippen LogP contribution in [0, 0.1) is 0 Å². The topological polar surface area (TPSA) is 71.0 Å². The molecule has 3 rings (SSSR count). The highest BCUT2D eigenvalue weighted by atomic mass is 35.5. The lowest BCUT2D eigenvalue weighted by Crippen LogP contribution is -2.59. The van der Waals surface area contributed by atoms with Crippen molar-refractivity contribution in [3.8, 4) is 11.5 Å². The van der Waals surface area contributed by atoms with Gasteiger partial charge in [-0.3, -0.25) is 10.2 Å². The fourth-order valence-electron chi connectivity index (χ4n) is 2.96. The number of amides is 1. The van der Waals surface area contributed by atoms with Crippen LogP contribution in [0.15, 0.2) is 54.7 Å². The van der Waals surface area contributed by atoms with E-state index in [0.717, 1.165) is 0 Å². The number of carbonyl (C=O) groups excluding carboxylic acids is 1. The normalized spacial score (nSPS) is 18.9. The SMILES string of the molecule is C=C1CC(O)(C(F)(F)F)N(C(=O)c2ccc(OC)c(COc3ccc(Cl)cc3)c2)N1. The maximum Gasteiger partial charge on any atom is 0.438 e. The number of nitrogens with zero attached hydrogens (tertiary/aromatic N) is 1. The second-order valence-electron chi connectivity index (χ2n) is 6.62. The minimum absolute atomic E-state index is 0.0183. The maximum absolute atomic E-state index is 13.4. The van der Waals surface area contributed by atoms with E-state index in [0.29, 0.717) is 22.1 Å². The van der Waals surface area contributed by atoms with Gasteiger partial charge in [0.1, 0.15) is 18.1 Å². The number of hydrogen-bond donors (Lipinski definition) is 2. The van der Waals surface area contributed by atoms with E-state index < -0.39 is 24.2 Å². The third kappa shape index (κ3) is 4.17. The van der Waals surface area contributed by atoms with Gasteiger partial charge in [0.2, 0.25) is 0 Å². The van der Waals surface area contributed by atoms with Crippen molar-refractivity contribution in [1.82, 2.24) is 10.4 Å². The molecule has 160 valence electrons. The van der Waals surface area contributed by atoms with E-state index in [4.69, 9.17) is 21.1 Å². The van der Waals surface area contributed by atoms with E-state index in [2.05, 4.69) is 12.0 Å². The van der Waals surface area contributed by atoms with Crippen molar-refractivity contribution < 1.29 is 32.5 Å². The average Bonchev–Trinajstić information content (AvgIpc) is 3.02. The summed E-state index contributed by atoms with van der Waals surface area (Å²) in [4.78, 5) is 12.8.